The van der Waals surface area contributed by atoms with Gasteiger partial charge in [0, 0.05) is 25.2 Å². The highest BCUT2D eigenvalue weighted by atomic mass is 35.5. The van der Waals surface area contributed by atoms with E-state index in [1.165, 1.54) is 20.2 Å². The first-order chi connectivity index (χ1) is 14.8. The number of nitrogens with zero attached hydrogens (tertiary/aromatic N) is 2. The third-order valence-electron chi connectivity index (χ3n) is 3.75. The van der Waals surface area contributed by atoms with Gasteiger partial charge in [0.1, 0.15) is 24.1 Å². The molecule has 11 nitrogen and oxygen atoms in total. The van der Waals surface area contributed by atoms with Crippen molar-refractivity contribution in [3.63, 3.8) is 0 Å². The minimum absolute atomic E-state index is 0.0762. The highest BCUT2D eigenvalue weighted by Gasteiger charge is 2.27. The second-order valence-corrected chi connectivity index (χ2v) is 8.40. The molecule has 1 unspecified atom stereocenters. The molecular formula is C20H29ClN4O7. The molecule has 0 aliphatic rings. The number of hydrogen-bond donors (Lipinski definition) is 2. The zero-order valence-corrected chi connectivity index (χ0v) is 19.5. The number of hydrogen-bond acceptors (Lipinski definition) is 8. The molecule has 0 fully saturated rings. The highest BCUT2D eigenvalue weighted by Crippen LogP contribution is 2.19. The van der Waals surface area contributed by atoms with Crippen LogP contribution in [0.4, 0.5) is 15.4 Å². The average molecular weight is 473 g/mol. The monoisotopic (exact) mass is 472 g/mol. The Bertz CT molecular complexity index is 826. The zero-order valence-electron chi connectivity index (χ0n) is 18.7. The Labute approximate surface area is 191 Å². The first-order valence-corrected chi connectivity index (χ1v) is 10.2. The number of nitrogens with one attached hydrogen (secondary N) is 1. The molecule has 178 valence electrons. The van der Waals surface area contributed by atoms with Crippen molar-refractivity contribution in [2.75, 3.05) is 11.9 Å². The number of ether oxygens (including phenoxy) is 3. The van der Waals surface area contributed by atoms with Gasteiger partial charge >= 0.3 is 18.2 Å². The Hall–Kier alpha value is -3.08. The van der Waals surface area contributed by atoms with Crippen molar-refractivity contribution >= 4 is 41.5 Å². The summed E-state index contributed by atoms with van der Waals surface area (Å²) in [6, 6.07) is 2.03. The van der Waals surface area contributed by atoms with Crippen LogP contribution in [0.25, 0.3) is 0 Å². The molecule has 0 aromatic carbocycles. The summed E-state index contributed by atoms with van der Waals surface area (Å²) in [5.41, 5.74) is 3.92. The number of halogens is 1. The molecule has 0 bridgehead atoms. The first kappa shape index (κ1) is 27.0. The number of amides is 3. The van der Waals surface area contributed by atoms with Crippen molar-refractivity contribution in [2.45, 2.75) is 64.3 Å². The molecule has 12 heteroatoms. The average Bonchev–Trinajstić information content (AvgIpc) is 2.66. The minimum Gasteiger partial charge on any atom is -0.459 e. The van der Waals surface area contributed by atoms with Crippen molar-refractivity contribution in [1.29, 1.82) is 0 Å². The summed E-state index contributed by atoms with van der Waals surface area (Å²) in [6.45, 7) is 6.22. The van der Waals surface area contributed by atoms with Crippen LogP contribution in [-0.2, 0) is 30.4 Å². The fourth-order valence-electron chi connectivity index (χ4n) is 2.38. The number of primary amides is 1. The van der Waals surface area contributed by atoms with E-state index >= 15 is 0 Å². The molecule has 0 radical (unpaired) electrons. The lowest BCUT2D eigenvalue weighted by Crippen LogP contribution is -2.44. The molecule has 1 heterocycles. The van der Waals surface area contributed by atoms with Gasteiger partial charge in [0.25, 0.3) is 0 Å². The molecule has 32 heavy (non-hydrogen) atoms. The predicted molar refractivity (Wildman–Crippen MR) is 116 cm³/mol. The lowest BCUT2D eigenvalue weighted by Gasteiger charge is -2.23. The number of nitrogens with two attached hydrogens (primary N) is 1. The number of aromatic nitrogens is 1. The highest BCUT2D eigenvalue weighted by molar-refractivity contribution is 6.20. The maximum Gasteiger partial charge on any atom is 0.416 e. The van der Waals surface area contributed by atoms with E-state index in [2.05, 4.69) is 10.3 Å². The fraction of sp³-hybridized carbons (Fsp3) is 0.550. The Morgan fingerprint density at radius 3 is 2.50 bits per heavy atom. The standard InChI is InChI=1S/C20H29ClN4O7/c1-12(21)31-19(29)25(5)16-13(7-6-10-23-16)11-30-17(27)14(8-9-15(22)26)24-18(28)32-20(2,3)4/h6-7,10,12,14H,8-9,11H2,1-5H3,(H2,22,26)(H,24,28)/t12?,14-/m0/s1. The normalized spacial score (nSPS) is 12.8. The molecule has 1 rings (SSSR count). The summed E-state index contributed by atoms with van der Waals surface area (Å²) in [6.07, 6.45) is -0.367. The molecule has 2 atom stereocenters. The van der Waals surface area contributed by atoms with Gasteiger partial charge in [-0.05, 0) is 40.2 Å². The molecule has 0 aliphatic heterocycles. The van der Waals surface area contributed by atoms with Crippen LogP contribution in [0.3, 0.4) is 0 Å². The van der Waals surface area contributed by atoms with Crippen molar-refractivity contribution in [2.24, 2.45) is 5.73 Å². The van der Waals surface area contributed by atoms with E-state index in [1.807, 2.05) is 0 Å². The maximum absolute atomic E-state index is 12.6. The molecule has 0 saturated carbocycles. The Morgan fingerprint density at radius 1 is 1.28 bits per heavy atom. The number of pyridine rings is 1. The van der Waals surface area contributed by atoms with E-state index < -0.39 is 41.3 Å². The summed E-state index contributed by atoms with van der Waals surface area (Å²) in [5.74, 6) is -1.26. The van der Waals surface area contributed by atoms with E-state index in [9.17, 15) is 19.2 Å². The topological polar surface area (TPSA) is 150 Å². The van der Waals surface area contributed by atoms with Gasteiger partial charge < -0.3 is 25.3 Å². The first-order valence-electron chi connectivity index (χ1n) is 9.77. The predicted octanol–water partition coefficient (Wildman–Crippen LogP) is 2.44. The number of carbonyl (C=O) groups is 4. The van der Waals surface area contributed by atoms with E-state index in [4.69, 9.17) is 31.5 Å². The number of rotatable bonds is 9. The van der Waals surface area contributed by atoms with Gasteiger partial charge in [0.2, 0.25) is 5.91 Å². The summed E-state index contributed by atoms with van der Waals surface area (Å²) < 4.78 is 15.4. The van der Waals surface area contributed by atoms with Crippen molar-refractivity contribution < 1.29 is 33.4 Å². The molecule has 0 aliphatic carbocycles. The minimum atomic E-state index is -1.17. The number of alkyl halides is 1. The number of carbonyl (C=O) groups excluding carboxylic acids is 4. The maximum atomic E-state index is 12.6. The molecular weight excluding hydrogens is 444 g/mol. The fourth-order valence-corrected chi connectivity index (χ4v) is 2.46. The number of esters is 1. The molecule has 0 spiro atoms. The summed E-state index contributed by atoms with van der Waals surface area (Å²) in [7, 11) is 1.43. The van der Waals surface area contributed by atoms with E-state index in [-0.39, 0.29) is 25.3 Å². The molecule has 3 N–H and O–H groups in total. The molecule has 0 saturated heterocycles. The van der Waals surface area contributed by atoms with Gasteiger partial charge in [-0.15, -0.1) is 0 Å². The molecule has 1 aromatic rings. The van der Waals surface area contributed by atoms with E-state index in [1.54, 1.807) is 32.9 Å². The van der Waals surface area contributed by atoms with Gasteiger partial charge in [0.05, 0.1) is 0 Å². The van der Waals surface area contributed by atoms with Crippen LogP contribution in [0.5, 0.6) is 0 Å². The van der Waals surface area contributed by atoms with Crippen LogP contribution in [0.2, 0.25) is 0 Å². The second kappa shape index (κ2) is 12.1. The summed E-state index contributed by atoms with van der Waals surface area (Å²) in [5, 5.41) is 2.38. The van der Waals surface area contributed by atoms with Gasteiger partial charge in [-0.1, -0.05) is 17.7 Å². The van der Waals surface area contributed by atoms with Crippen molar-refractivity contribution in [1.82, 2.24) is 10.3 Å². The summed E-state index contributed by atoms with van der Waals surface area (Å²) in [4.78, 5) is 53.1. The smallest absolute Gasteiger partial charge is 0.416 e. The third-order valence-corrected chi connectivity index (χ3v) is 3.84. The summed E-state index contributed by atoms with van der Waals surface area (Å²) >= 11 is 5.68. The van der Waals surface area contributed by atoms with E-state index in [0.29, 0.717) is 5.56 Å². The Morgan fingerprint density at radius 2 is 1.94 bits per heavy atom. The SMILES string of the molecule is CC(Cl)OC(=O)N(C)c1ncccc1COC(=O)[C@H](CCC(N)=O)NC(=O)OC(C)(C)C. The third kappa shape index (κ3) is 9.82. The lowest BCUT2D eigenvalue weighted by molar-refractivity contribution is -0.147. The number of alkyl carbamates (subject to hydrolysis) is 1. The second-order valence-electron chi connectivity index (χ2n) is 7.78. The van der Waals surface area contributed by atoms with Crippen LogP contribution in [0.1, 0.15) is 46.1 Å². The van der Waals surface area contributed by atoms with Gasteiger partial charge in [-0.25, -0.2) is 19.4 Å². The Kier molecular flexibility index (Phi) is 10.2. The van der Waals surface area contributed by atoms with Crippen LogP contribution in [-0.4, -0.2) is 53.3 Å². The van der Waals surface area contributed by atoms with Gasteiger partial charge in [-0.3, -0.25) is 9.69 Å². The number of anilines is 1. The zero-order chi connectivity index (χ0) is 24.5. The van der Waals surface area contributed by atoms with Crippen LogP contribution < -0.4 is 16.0 Å². The van der Waals surface area contributed by atoms with Gasteiger partial charge in [0.15, 0.2) is 5.56 Å². The van der Waals surface area contributed by atoms with E-state index in [0.717, 1.165) is 4.90 Å². The van der Waals surface area contributed by atoms with Crippen LogP contribution in [0.15, 0.2) is 18.3 Å². The largest absolute Gasteiger partial charge is 0.459 e. The van der Waals surface area contributed by atoms with Crippen molar-refractivity contribution in [3.8, 4) is 0 Å². The van der Waals surface area contributed by atoms with Crippen molar-refractivity contribution in [3.05, 3.63) is 23.9 Å². The lowest BCUT2D eigenvalue weighted by atomic mass is 10.1. The van der Waals surface area contributed by atoms with Crippen LogP contribution >= 0.6 is 11.6 Å². The van der Waals surface area contributed by atoms with Gasteiger partial charge in [-0.2, -0.15) is 0 Å². The molecule has 3 amide bonds. The van der Waals surface area contributed by atoms with Crippen LogP contribution in [0, 0.1) is 0 Å². The molecule has 1 aromatic heterocycles. The Balaban J connectivity index is 2.90. The quantitative estimate of drug-likeness (QED) is 0.316.